The molecule has 6 heteroatoms. The van der Waals surface area contributed by atoms with Crippen molar-refractivity contribution in [3.05, 3.63) is 53.5 Å². The maximum absolute atomic E-state index is 12.5. The highest BCUT2D eigenvalue weighted by molar-refractivity contribution is 6.02. The zero-order valence-electron chi connectivity index (χ0n) is 9.91. The Kier molecular flexibility index (Phi) is 3.33. The second-order valence-corrected chi connectivity index (χ2v) is 3.94. The number of carbonyl (C=O) groups is 1. The van der Waals surface area contributed by atoms with Crippen molar-refractivity contribution < 1.29 is 22.4 Å². The number of rotatable bonds is 2. The van der Waals surface area contributed by atoms with Crippen molar-refractivity contribution in [1.82, 2.24) is 0 Å². The molecule has 0 atom stereocenters. The molecule has 19 heavy (non-hydrogen) atoms. The first kappa shape index (κ1) is 13.2. The summed E-state index contributed by atoms with van der Waals surface area (Å²) >= 11 is 0. The van der Waals surface area contributed by atoms with E-state index in [1.165, 1.54) is 18.2 Å². The Bertz CT molecular complexity index is 602. The van der Waals surface area contributed by atoms with Crippen LogP contribution in [0.25, 0.3) is 0 Å². The number of nitrogens with one attached hydrogen (secondary N) is 1. The Morgan fingerprint density at radius 3 is 2.53 bits per heavy atom. The predicted octanol–water partition coefficient (Wildman–Crippen LogP) is 3.86. The van der Waals surface area contributed by atoms with Gasteiger partial charge in [0.1, 0.15) is 5.76 Å². The largest absolute Gasteiger partial charge is 0.456 e. The molecule has 0 saturated heterocycles. The van der Waals surface area contributed by atoms with Crippen molar-refractivity contribution in [3.63, 3.8) is 0 Å². The van der Waals surface area contributed by atoms with E-state index in [1.54, 1.807) is 13.0 Å². The van der Waals surface area contributed by atoms with Gasteiger partial charge in [0.2, 0.25) is 0 Å². The fourth-order valence-electron chi connectivity index (χ4n) is 1.52. The van der Waals surface area contributed by atoms with Gasteiger partial charge in [0.05, 0.1) is 5.56 Å². The minimum atomic E-state index is -4.44. The number of carbonyl (C=O) groups excluding carboxylic acids is 1. The second kappa shape index (κ2) is 4.79. The number of anilines is 1. The van der Waals surface area contributed by atoms with Crippen LogP contribution in [0.2, 0.25) is 0 Å². The summed E-state index contributed by atoms with van der Waals surface area (Å²) in [5.74, 6) is 0.0107. The molecular weight excluding hydrogens is 259 g/mol. The first-order valence-electron chi connectivity index (χ1n) is 5.41. The van der Waals surface area contributed by atoms with E-state index in [0.717, 1.165) is 12.1 Å². The molecule has 1 aromatic carbocycles. The average Bonchev–Trinajstić information content (AvgIpc) is 2.75. The van der Waals surface area contributed by atoms with Crippen LogP contribution in [0, 0.1) is 6.92 Å². The lowest BCUT2D eigenvalue weighted by Crippen LogP contribution is -2.12. The van der Waals surface area contributed by atoms with Gasteiger partial charge in [0.25, 0.3) is 5.91 Å². The molecule has 0 unspecified atom stereocenters. The van der Waals surface area contributed by atoms with Gasteiger partial charge in [-0.15, -0.1) is 0 Å². The minimum Gasteiger partial charge on any atom is -0.456 e. The number of halogens is 3. The molecule has 2 aromatic rings. The van der Waals surface area contributed by atoms with E-state index >= 15 is 0 Å². The van der Waals surface area contributed by atoms with E-state index in [1.807, 2.05) is 0 Å². The second-order valence-electron chi connectivity index (χ2n) is 3.94. The fourth-order valence-corrected chi connectivity index (χ4v) is 1.52. The Balaban J connectivity index is 2.18. The zero-order valence-corrected chi connectivity index (χ0v) is 9.91. The van der Waals surface area contributed by atoms with Gasteiger partial charge in [-0.3, -0.25) is 4.79 Å². The normalized spacial score (nSPS) is 11.4. The van der Waals surface area contributed by atoms with Crippen molar-refractivity contribution in [2.75, 3.05) is 5.32 Å². The number of benzene rings is 1. The summed E-state index contributed by atoms with van der Waals surface area (Å²) in [4.78, 5) is 11.7. The molecule has 0 radical (unpaired) electrons. The maximum Gasteiger partial charge on any atom is 0.416 e. The van der Waals surface area contributed by atoms with Gasteiger partial charge in [-0.25, -0.2) is 0 Å². The van der Waals surface area contributed by atoms with E-state index in [2.05, 4.69) is 5.32 Å². The van der Waals surface area contributed by atoms with E-state index in [4.69, 9.17) is 4.42 Å². The Morgan fingerprint density at radius 2 is 1.95 bits per heavy atom. The van der Waals surface area contributed by atoms with Crippen molar-refractivity contribution >= 4 is 11.6 Å². The topological polar surface area (TPSA) is 42.2 Å². The van der Waals surface area contributed by atoms with Gasteiger partial charge < -0.3 is 9.73 Å². The van der Waals surface area contributed by atoms with E-state index in [9.17, 15) is 18.0 Å². The van der Waals surface area contributed by atoms with Crippen LogP contribution in [0.1, 0.15) is 21.9 Å². The number of hydrogen-bond acceptors (Lipinski definition) is 2. The smallest absolute Gasteiger partial charge is 0.416 e. The van der Waals surface area contributed by atoms with Crippen molar-refractivity contribution in [3.8, 4) is 0 Å². The summed E-state index contributed by atoms with van der Waals surface area (Å²) in [6, 6.07) is 7.47. The average molecular weight is 269 g/mol. The monoisotopic (exact) mass is 269 g/mol. The minimum absolute atomic E-state index is 0.0508. The Hall–Kier alpha value is -2.24. The highest BCUT2D eigenvalue weighted by atomic mass is 19.4. The summed E-state index contributed by atoms with van der Waals surface area (Å²) in [5.41, 5.74) is -0.755. The van der Waals surface area contributed by atoms with Crippen LogP contribution in [-0.4, -0.2) is 5.91 Å². The summed E-state index contributed by atoms with van der Waals surface area (Å²) in [6.45, 7) is 1.67. The third-order valence-electron chi connectivity index (χ3n) is 2.41. The van der Waals surface area contributed by atoms with Crippen LogP contribution >= 0.6 is 0 Å². The zero-order chi connectivity index (χ0) is 14.0. The van der Waals surface area contributed by atoms with Gasteiger partial charge in [0, 0.05) is 5.69 Å². The van der Waals surface area contributed by atoms with Crippen LogP contribution in [0.4, 0.5) is 18.9 Å². The highest BCUT2D eigenvalue weighted by Gasteiger charge is 2.30. The molecule has 0 aliphatic carbocycles. The summed E-state index contributed by atoms with van der Waals surface area (Å²) in [7, 11) is 0. The molecule has 1 heterocycles. The number of hydrogen-bond donors (Lipinski definition) is 1. The lowest BCUT2D eigenvalue weighted by atomic mass is 10.2. The van der Waals surface area contributed by atoms with Crippen LogP contribution < -0.4 is 5.32 Å². The third-order valence-corrected chi connectivity index (χ3v) is 2.41. The van der Waals surface area contributed by atoms with Crippen molar-refractivity contribution in [2.45, 2.75) is 13.1 Å². The molecule has 1 aromatic heterocycles. The lowest BCUT2D eigenvalue weighted by molar-refractivity contribution is -0.137. The van der Waals surface area contributed by atoms with Gasteiger partial charge >= 0.3 is 6.18 Å². The lowest BCUT2D eigenvalue weighted by Gasteiger charge is -2.09. The number of amides is 1. The van der Waals surface area contributed by atoms with Crippen molar-refractivity contribution in [2.24, 2.45) is 0 Å². The summed E-state index contributed by atoms with van der Waals surface area (Å²) in [5, 5.41) is 2.35. The molecule has 3 nitrogen and oxygen atoms in total. The molecule has 0 aliphatic heterocycles. The quantitative estimate of drug-likeness (QED) is 0.899. The molecule has 0 saturated carbocycles. The van der Waals surface area contributed by atoms with Gasteiger partial charge in [-0.2, -0.15) is 13.2 Å². The number of furan rings is 1. The molecule has 1 amide bonds. The van der Waals surface area contributed by atoms with Crippen LogP contribution in [-0.2, 0) is 6.18 Å². The van der Waals surface area contributed by atoms with Crippen LogP contribution in [0.5, 0.6) is 0 Å². The summed E-state index contributed by atoms with van der Waals surface area (Å²) in [6.07, 6.45) is -4.44. The number of alkyl halides is 3. The molecule has 100 valence electrons. The first-order valence-corrected chi connectivity index (χ1v) is 5.41. The van der Waals surface area contributed by atoms with E-state index < -0.39 is 17.6 Å². The van der Waals surface area contributed by atoms with Crippen molar-refractivity contribution in [1.29, 1.82) is 0 Å². The predicted molar refractivity (Wildman–Crippen MR) is 62.8 cm³/mol. The highest BCUT2D eigenvalue weighted by Crippen LogP contribution is 2.30. The molecule has 0 aliphatic rings. The standard InChI is InChI=1S/C13H10F3NO2/c1-8-5-6-11(19-8)12(18)17-10-4-2-3-9(7-10)13(14,15)16/h2-7H,1H3,(H,17,18). The molecule has 0 bridgehead atoms. The fraction of sp³-hybridized carbons (Fsp3) is 0.154. The van der Waals surface area contributed by atoms with Gasteiger partial charge in [-0.05, 0) is 37.3 Å². The summed E-state index contributed by atoms with van der Waals surface area (Å²) < 4.78 is 42.6. The van der Waals surface area contributed by atoms with E-state index in [0.29, 0.717) is 5.76 Å². The van der Waals surface area contributed by atoms with Gasteiger partial charge in [-0.1, -0.05) is 6.07 Å². The molecule has 2 rings (SSSR count). The van der Waals surface area contributed by atoms with Crippen LogP contribution in [0.3, 0.4) is 0 Å². The van der Waals surface area contributed by atoms with Gasteiger partial charge in [0.15, 0.2) is 5.76 Å². The molecular formula is C13H10F3NO2. The molecule has 1 N–H and O–H groups in total. The van der Waals surface area contributed by atoms with E-state index in [-0.39, 0.29) is 11.4 Å². The first-order chi connectivity index (χ1) is 8.86. The third kappa shape index (κ3) is 3.15. The van der Waals surface area contributed by atoms with Crippen LogP contribution in [0.15, 0.2) is 40.8 Å². The maximum atomic E-state index is 12.5. The molecule has 0 fully saturated rings. The Morgan fingerprint density at radius 1 is 1.21 bits per heavy atom. The SMILES string of the molecule is Cc1ccc(C(=O)Nc2cccc(C(F)(F)F)c2)o1. The number of aryl methyl sites for hydroxylation is 1. The Labute approximate surface area is 107 Å². The molecule has 0 spiro atoms.